The molecule has 23 heavy (non-hydrogen) atoms. The number of benzene rings is 2. The second-order valence-corrected chi connectivity index (χ2v) is 7.24. The summed E-state index contributed by atoms with van der Waals surface area (Å²) < 4.78 is 6.01. The van der Waals surface area contributed by atoms with E-state index in [9.17, 15) is 0 Å². The number of nitrogens with one attached hydrogen (secondary N) is 1. The first kappa shape index (κ1) is 16.6. The maximum atomic E-state index is 6.25. The molecule has 0 unspecified atom stereocenters. The fourth-order valence-electron chi connectivity index (χ4n) is 3.44. The summed E-state index contributed by atoms with van der Waals surface area (Å²) in [6.45, 7) is 7.15. The average molecular weight is 333 g/mol. The predicted molar refractivity (Wildman–Crippen MR) is 97.6 cm³/mol. The standard InChI is InChI=1S/C20H26ClNO/c1-16-10-13-22(14-11-16)12-4-5-15-23-20-9-8-19(21)17-6-2-3-7-18(17)20/h2-3,6-9,16H,4-5,10-15H2,1H3/p+1. The zero-order valence-corrected chi connectivity index (χ0v) is 14.7. The Morgan fingerprint density at radius 2 is 1.78 bits per heavy atom. The topological polar surface area (TPSA) is 13.7 Å². The van der Waals surface area contributed by atoms with Crippen LogP contribution in [0.2, 0.25) is 5.02 Å². The monoisotopic (exact) mass is 332 g/mol. The molecule has 2 nitrogen and oxygen atoms in total. The maximum Gasteiger partial charge on any atom is 0.127 e. The summed E-state index contributed by atoms with van der Waals surface area (Å²) in [6, 6.07) is 12.1. The van der Waals surface area contributed by atoms with Crippen LogP contribution in [-0.4, -0.2) is 26.2 Å². The van der Waals surface area contributed by atoms with Crippen LogP contribution in [0.4, 0.5) is 0 Å². The van der Waals surface area contributed by atoms with Gasteiger partial charge < -0.3 is 9.64 Å². The molecule has 3 heteroatoms. The molecule has 0 aliphatic carbocycles. The van der Waals surface area contributed by atoms with Gasteiger partial charge in [-0.1, -0.05) is 42.8 Å². The van der Waals surface area contributed by atoms with Crippen molar-refractivity contribution in [2.75, 3.05) is 26.2 Å². The lowest BCUT2D eigenvalue weighted by Gasteiger charge is -2.27. The van der Waals surface area contributed by atoms with Crippen LogP contribution in [0.15, 0.2) is 36.4 Å². The number of likely N-dealkylation sites (tertiary alicyclic amines) is 1. The van der Waals surface area contributed by atoms with Crippen LogP contribution in [-0.2, 0) is 0 Å². The number of unbranched alkanes of at least 4 members (excludes halogenated alkanes) is 1. The van der Waals surface area contributed by atoms with Gasteiger partial charge in [-0.2, -0.15) is 0 Å². The molecule has 0 bridgehead atoms. The Morgan fingerprint density at radius 3 is 2.57 bits per heavy atom. The summed E-state index contributed by atoms with van der Waals surface area (Å²) in [5.41, 5.74) is 0. The number of fused-ring (bicyclic) bond motifs is 1. The van der Waals surface area contributed by atoms with Gasteiger partial charge in [0.05, 0.1) is 26.2 Å². The third-order valence-electron chi connectivity index (χ3n) is 4.99. The number of piperidine rings is 1. The Bertz CT molecular complexity index is 635. The second-order valence-electron chi connectivity index (χ2n) is 6.83. The Morgan fingerprint density at radius 1 is 1.04 bits per heavy atom. The maximum absolute atomic E-state index is 6.25. The SMILES string of the molecule is CC1CC[NH+](CCCCOc2ccc(Cl)c3ccccc23)CC1. The lowest BCUT2D eigenvalue weighted by Crippen LogP contribution is -3.13. The lowest BCUT2D eigenvalue weighted by atomic mass is 9.99. The van der Waals surface area contributed by atoms with Crippen molar-refractivity contribution in [2.24, 2.45) is 5.92 Å². The summed E-state index contributed by atoms with van der Waals surface area (Å²) in [4.78, 5) is 1.78. The molecule has 3 rings (SSSR count). The first-order valence-corrected chi connectivity index (χ1v) is 9.25. The molecule has 0 radical (unpaired) electrons. The van der Waals surface area contributed by atoms with E-state index in [2.05, 4.69) is 13.0 Å². The minimum atomic E-state index is 0.787. The van der Waals surface area contributed by atoms with Gasteiger partial charge in [0.25, 0.3) is 0 Å². The minimum Gasteiger partial charge on any atom is -0.493 e. The normalized spacial score (nSPS) is 21.5. The van der Waals surface area contributed by atoms with Crippen molar-refractivity contribution in [1.29, 1.82) is 0 Å². The first-order valence-electron chi connectivity index (χ1n) is 8.87. The van der Waals surface area contributed by atoms with Crippen LogP contribution in [0, 0.1) is 5.92 Å². The molecular formula is C20H27ClNO+. The molecule has 2 aromatic rings. The van der Waals surface area contributed by atoms with Gasteiger partial charge in [0.1, 0.15) is 5.75 Å². The minimum absolute atomic E-state index is 0.787. The molecular weight excluding hydrogens is 306 g/mol. The van der Waals surface area contributed by atoms with Crippen molar-refractivity contribution in [3.63, 3.8) is 0 Å². The first-order chi connectivity index (χ1) is 11.2. The van der Waals surface area contributed by atoms with E-state index in [0.717, 1.165) is 40.5 Å². The molecule has 0 saturated carbocycles. The highest BCUT2D eigenvalue weighted by molar-refractivity contribution is 6.35. The van der Waals surface area contributed by atoms with Crippen LogP contribution < -0.4 is 9.64 Å². The van der Waals surface area contributed by atoms with E-state index in [0.29, 0.717) is 0 Å². The molecule has 1 aliphatic heterocycles. The lowest BCUT2D eigenvalue weighted by molar-refractivity contribution is -0.906. The second kappa shape index (κ2) is 8.03. The van der Waals surface area contributed by atoms with E-state index in [1.54, 1.807) is 4.90 Å². The van der Waals surface area contributed by atoms with Gasteiger partial charge in [-0.3, -0.25) is 0 Å². The Kier molecular flexibility index (Phi) is 5.80. The van der Waals surface area contributed by atoms with Gasteiger partial charge in [0.15, 0.2) is 0 Å². The quantitative estimate of drug-likeness (QED) is 0.790. The van der Waals surface area contributed by atoms with E-state index in [1.165, 1.54) is 38.9 Å². The Balaban J connectivity index is 1.45. The number of hydrogen-bond acceptors (Lipinski definition) is 1. The van der Waals surface area contributed by atoms with Crippen LogP contribution in [0.3, 0.4) is 0 Å². The summed E-state index contributed by atoms with van der Waals surface area (Å²) in [6.07, 6.45) is 5.15. The van der Waals surface area contributed by atoms with Crippen LogP contribution in [0.5, 0.6) is 5.75 Å². The van der Waals surface area contributed by atoms with Gasteiger partial charge in [-0.25, -0.2) is 0 Å². The molecule has 0 atom stereocenters. The predicted octanol–water partition coefficient (Wildman–Crippen LogP) is 3.97. The van der Waals surface area contributed by atoms with Gasteiger partial charge in [-0.15, -0.1) is 0 Å². The highest BCUT2D eigenvalue weighted by Crippen LogP contribution is 2.31. The molecule has 1 N–H and O–H groups in total. The third kappa shape index (κ3) is 4.39. The van der Waals surface area contributed by atoms with Gasteiger partial charge >= 0.3 is 0 Å². The molecule has 1 fully saturated rings. The van der Waals surface area contributed by atoms with Crippen molar-refractivity contribution >= 4 is 22.4 Å². The van der Waals surface area contributed by atoms with Crippen LogP contribution in [0.1, 0.15) is 32.6 Å². The number of rotatable bonds is 6. The molecule has 1 heterocycles. The fraction of sp³-hybridized carbons (Fsp3) is 0.500. The van der Waals surface area contributed by atoms with Crippen LogP contribution >= 0.6 is 11.6 Å². The van der Waals surface area contributed by atoms with Crippen molar-refractivity contribution in [2.45, 2.75) is 32.6 Å². The van der Waals surface area contributed by atoms with E-state index >= 15 is 0 Å². The summed E-state index contributed by atoms with van der Waals surface area (Å²) in [7, 11) is 0. The van der Waals surface area contributed by atoms with E-state index in [1.807, 2.05) is 30.3 Å². The fourth-order valence-corrected chi connectivity index (χ4v) is 3.67. The summed E-state index contributed by atoms with van der Waals surface area (Å²) in [5.74, 6) is 1.88. The Labute approximate surface area is 144 Å². The van der Waals surface area contributed by atoms with Crippen molar-refractivity contribution in [3.8, 4) is 5.75 Å². The largest absolute Gasteiger partial charge is 0.493 e. The number of ether oxygens (including phenoxy) is 1. The zero-order valence-electron chi connectivity index (χ0n) is 14.0. The van der Waals surface area contributed by atoms with E-state index in [4.69, 9.17) is 16.3 Å². The summed E-state index contributed by atoms with van der Waals surface area (Å²) in [5, 5.41) is 2.96. The molecule has 0 spiro atoms. The van der Waals surface area contributed by atoms with E-state index < -0.39 is 0 Å². The molecule has 0 aromatic heterocycles. The van der Waals surface area contributed by atoms with Crippen molar-refractivity contribution in [3.05, 3.63) is 41.4 Å². The van der Waals surface area contributed by atoms with E-state index in [-0.39, 0.29) is 0 Å². The summed E-state index contributed by atoms with van der Waals surface area (Å²) >= 11 is 6.25. The molecule has 0 amide bonds. The van der Waals surface area contributed by atoms with Crippen molar-refractivity contribution < 1.29 is 9.64 Å². The Hall–Kier alpha value is -1.25. The highest BCUT2D eigenvalue weighted by atomic mass is 35.5. The number of hydrogen-bond donors (Lipinski definition) is 1. The molecule has 124 valence electrons. The van der Waals surface area contributed by atoms with Crippen molar-refractivity contribution in [1.82, 2.24) is 0 Å². The number of quaternary nitrogens is 1. The number of halogens is 1. The van der Waals surface area contributed by atoms with Gasteiger partial charge in [0.2, 0.25) is 0 Å². The highest BCUT2D eigenvalue weighted by Gasteiger charge is 2.17. The smallest absolute Gasteiger partial charge is 0.127 e. The van der Waals surface area contributed by atoms with Gasteiger partial charge in [-0.05, 0) is 43.7 Å². The van der Waals surface area contributed by atoms with Gasteiger partial charge in [0, 0.05) is 15.8 Å². The third-order valence-corrected chi connectivity index (χ3v) is 5.32. The molecule has 1 aliphatic rings. The van der Waals surface area contributed by atoms with Crippen LogP contribution in [0.25, 0.3) is 10.8 Å². The zero-order chi connectivity index (χ0) is 16.1. The average Bonchev–Trinajstić information content (AvgIpc) is 2.58. The molecule has 2 aromatic carbocycles. The molecule has 1 saturated heterocycles.